The van der Waals surface area contributed by atoms with Gasteiger partial charge >= 0.3 is 0 Å². The van der Waals surface area contributed by atoms with Crippen LogP contribution in [0.15, 0.2) is 57.9 Å². The van der Waals surface area contributed by atoms with Gasteiger partial charge in [-0.15, -0.1) is 24.2 Å². The van der Waals surface area contributed by atoms with Gasteiger partial charge in [0.1, 0.15) is 0 Å². The average Bonchev–Trinajstić information content (AvgIpc) is 3.35. The number of hydrogen-bond acceptors (Lipinski definition) is 6. The van der Waals surface area contributed by atoms with Gasteiger partial charge in [-0.05, 0) is 36.1 Å². The summed E-state index contributed by atoms with van der Waals surface area (Å²) in [7, 11) is 0. The zero-order valence-corrected chi connectivity index (χ0v) is 17.0. The topological polar surface area (TPSA) is 85.2 Å². The Hall–Kier alpha value is -2.35. The van der Waals surface area contributed by atoms with Crippen LogP contribution in [0, 0.1) is 0 Å². The first kappa shape index (κ1) is 20.4. The quantitative estimate of drug-likeness (QED) is 0.635. The number of hydrogen-bond donors (Lipinski definition) is 1. The maximum Gasteiger partial charge on any atom is 0.232 e. The lowest BCUT2D eigenvalue weighted by Crippen LogP contribution is -2.24. The lowest BCUT2D eigenvalue weighted by Gasteiger charge is -2.16. The van der Waals surface area contributed by atoms with E-state index < -0.39 is 0 Å². The van der Waals surface area contributed by atoms with Crippen molar-refractivity contribution in [1.29, 1.82) is 0 Å². The third kappa shape index (κ3) is 4.06. The molecule has 8 heteroatoms. The second kappa shape index (κ2) is 8.77. The summed E-state index contributed by atoms with van der Waals surface area (Å²) in [6, 6.07) is 15.8. The van der Waals surface area contributed by atoms with Gasteiger partial charge in [0.25, 0.3) is 0 Å². The van der Waals surface area contributed by atoms with E-state index >= 15 is 0 Å². The molecule has 1 saturated heterocycles. The Bertz CT molecular complexity index is 944. The van der Waals surface area contributed by atoms with Crippen molar-refractivity contribution in [3.63, 3.8) is 0 Å². The molecule has 2 aromatic carbocycles. The summed E-state index contributed by atoms with van der Waals surface area (Å²) in [5, 5.41) is 4.08. The molecule has 0 bridgehead atoms. The highest BCUT2D eigenvalue weighted by molar-refractivity contribution is 7.98. The van der Waals surface area contributed by atoms with Crippen molar-refractivity contribution in [3.05, 3.63) is 60.0 Å². The van der Waals surface area contributed by atoms with E-state index in [0.29, 0.717) is 31.2 Å². The maximum atomic E-state index is 12.5. The number of carbonyl (C=O) groups is 1. The van der Waals surface area contributed by atoms with Crippen LogP contribution in [0.3, 0.4) is 0 Å². The summed E-state index contributed by atoms with van der Waals surface area (Å²) in [5.74, 6) is 1.01. The SMILES string of the molecule is CSc1ccc(N2CC(c3nc(-c4ccc(CN)cc4)no3)CC2=O)cc1.Cl. The van der Waals surface area contributed by atoms with Crippen LogP contribution in [-0.2, 0) is 11.3 Å². The fourth-order valence-electron chi connectivity index (χ4n) is 3.19. The molecule has 0 aliphatic carbocycles. The van der Waals surface area contributed by atoms with Gasteiger partial charge in [0.05, 0.1) is 5.92 Å². The maximum absolute atomic E-state index is 12.5. The van der Waals surface area contributed by atoms with Gasteiger partial charge in [-0.25, -0.2) is 0 Å². The Kier molecular flexibility index (Phi) is 6.39. The minimum atomic E-state index is -0.0951. The largest absolute Gasteiger partial charge is 0.339 e. The average molecular weight is 417 g/mol. The summed E-state index contributed by atoms with van der Waals surface area (Å²) in [6.07, 6.45) is 2.40. The number of anilines is 1. The van der Waals surface area contributed by atoms with Crippen LogP contribution in [0.1, 0.15) is 23.8 Å². The van der Waals surface area contributed by atoms with Crippen molar-refractivity contribution in [2.75, 3.05) is 17.7 Å². The third-order valence-electron chi connectivity index (χ3n) is 4.75. The first-order chi connectivity index (χ1) is 13.2. The molecule has 6 nitrogen and oxygen atoms in total. The van der Waals surface area contributed by atoms with Crippen molar-refractivity contribution >= 4 is 35.8 Å². The van der Waals surface area contributed by atoms with E-state index in [1.165, 1.54) is 4.90 Å². The van der Waals surface area contributed by atoms with Crippen molar-refractivity contribution < 1.29 is 9.32 Å². The van der Waals surface area contributed by atoms with Gasteiger partial charge in [-0.2, -0.15) is 4.98 Å². The van der Waals surface area contributed by atoms with Crippen molar-refractivity contribution in [1.82, 2.24) is 10.1 Å². The van der Waals surface area contributed by atoms with Gasteiger partial charge in [0, 0.05) is 35.7 Å². The number of benzene rings is 2. The van der Waals surface area contributed by atoms with Crippen LogP contribution in [0.4, 0.5) is 5.69 Å². The molecule has 1 amide bonds. The Balaban J connectivity index is 0.00000225. The van der Waals surface area contributed by atoms with Gasteiger partial charge < -0.3 is 15.2 Å². The summed E-state index contributed by atoms with van der Waals surface area (Å²) in [4.78, 5) is 20.0. The van der Waals surface area contributed by atoms with Gasteiger partial charge in [0.2, 0.25) is 17.6 Å². The Morgan fingerprint density at radius 3 is 2.54 bits per heavy atom. The predicted octanol–water partition coefficient (Wildman–Crippen LogP) is 3.86. The molecule has 1 atom stereocenters. The van der Waals surface area contributed by atoms with Crippen molar-refractivity contribution in [2.45, 2.75) is 23.8 Å². The van der Waals surface area contributed by atoms with Crippen molar-refractivity contribution in [2.24, 2.45) is 5.73 Å². The lowest BCUT2D eigenvalue weighted by molar-refractivity contribution is -0.117. The van der Waals surface area contributed by atoms with Crippen LogP contribution in [0.2, 0.25) is 0 Å². The summed E-state index contributed by atoms with van der Waals surface area (Å²) >= 11 is 1.68. The van der Waals surface area contributed by atoms with E-state index in [0.717, 1.165) is 16.8 Å². The van der Waals surface area contributed by atoms with Crippen LogP contribution in [-0.4, -0.2) is 28.8 Å². The van der Waals surface area contributed by atoms with E-state index in [2.05, 4.69) is 10.1 Å². The fourth-order valence-corrected chi connectivity index (χ4v) is 3.60. The second-order valence-electron chi connectivity index (χ2n) is 6.46. The van der Waals surface area contributed by atoms with Gasteiger partial charge in [0.15, 0.2) is 0 Å². The van der Waals surface area contributed by atoms with Crippen LogP contribution >= 0.6 is 24.2 Å². The number of carbonyl (C=O) groups excluding carboxylic acids is 1. The number of amides is 1. The van der Waals surface area contributed by atoms with E-state index in [4.69, 9.17) is 10.3 Å². The van der Waals surface area contributed by atoms with E-state index in [9.17, 15) is 4.79 Å². The highest BCUT2D eigenvalue weighted by Crippen LogP contribution is 2.32. The molecule has 1 aliphatic rings. The molecule has 0 spiro atoms. The molecule has 3 aromatic rings. The number of halogens is 1. The number of nitrogens with zero attached hydrogens (tertiary/aromatic N) is 3. The number of thioether (sulfide) groups is 1. The highest BCUT2D eigenvalue weighted by Gasteiger charge is 2.35. The monoisotopic (exact) mass is 416 g/mol. The fraction of sp³-hybridized carbons (Fsp3) is 0.250. The molecule has 28 heavy (non-hydrogen) atoms. The Morgan fingerprint density at radius 1 is 1.18 bits per heavy atom. The zero-order chi connectivity index (χ0) is 18.8. The molecule has 0 radical (unpaired) electrons. The highest BCUT2D eigenvalue weighted by atomic mass is 35.5. The second-order valence-corrected chi connectivity index (χ2v) is 7.34. The zero-order valence-electron chi connectivity index (χ0n) is 15.4. The Morgan fingerprint density at radius 2 is 1.89 bits per heavy atom. The first-order valence-corrected chi connectivity index (χ1v) is 9.98. The van der Waals surface area contributed by atoms with Gasteiger partial charge in [-0.1, -0.05) is 29.4 Å². The molecular weight excluding hydrogens is 396 g/mol. The van der Waals surface area contributed by atoms with Crippen LogP contribution < -0.4 is 10.6 Å². The molecule has 1 aromatic heterocycles. The summed E-state index contributed by atoms with van der Waals surface area (Å²) < 4.78 is 5.46. The van der Waals surface area contributed by atoms with Crippen LogP contribution in [0.5, 0.6) is 0 Å². The molecule has 146 valence electrons. The van der Waals surface area contributed by atoms with E-state index in [1.807, 2.05) is 54.8 Å². The lowest BCUT2D eigenvalue weighted by atomic mass is 10.1. The summed E-state index contributed by atoms with van der Waals surface area (Å²) in [5.41, 5.74) is 8.45. The Labute approximate surface area is 173 Å². The first-order valence-electron chi connectivity index (χ1n) is 8.75. The molecule has 1 aliphatic heterocycles. The molecule has 4 rings (SSSR count). The molecule has 1 fully saturated rings. The smallest absolute Gasteiger partial charge is 0.232 e. The molecular formula is C20H21ClN4O2S. The predicted molar refractivity (Wildman–Crippen MR) is 113 cm³/mol. The molecule has 2 N–H and O–H groups in total. The summed E-state index contributed by atoms with van der Waals surface area (Å²) in [6.45, 7) is 1.04. The minimum Gasteiger partial charge on any atom is -0.339 e. The minimum absolute atomic E-state index is 0. The number of rotatable bonds is 5. The molecule has 0 saturated carbocycles. The van der Waals surface area contributed by atoms with E-state index in [-0.39, 0.29) is 24.2 Å². The van der Waals surface area contributed by atoms with Gasteiger partial charge in [-0.3, -0.25) is 4.79 Å². The van der Waals surface area contributed by atoms with Crippen LogP contribution in [0.25, 0.3) is 11.4 Å². The molecule has 2 heterocycles. The molecule has 1 unspecified atom stereocenters. The van der Waals surface area contributed by atoms with Crippen molar-refractivity contribution in [3.8, 4) is 11.4 Å². The normalized spacial score (nSPS) is 16.3. The standard InChI is InChI=1S/C20H20N4O2S.ClH/c1-27-17-8-6-16(7-9-17)24-12-15(10-18(24)25)20-22-19(23-26-20)14-4-2-13(11-21)3-5-14;/h2-9,15H,10-12,21H2,1H3;1H. The number of aromatic nitrogens is 2. The third-order valence-corrected chi connectivity index (χ3v) is 5.49. The van der Waals surface area contributed by atoms with E-state index in [1.54, 1.807) is 16.7 Å². The number of nitrogens with two attached hydrogens (primary N) is 1.